The lowest BCUT2D eigenvalue weighted by Gasteiger charge is -2.29. The Labute approximate surface area is 132 Å². The zero-order chi connectivity index (χ0) is 15.0. The minimum atomic E-state index is -0.132. The maximum Gasteiger partial charge on any atom is 0.263 e. The van der Waals surface area contributed by atoms with E-state index in [0.29, 0.717) is 15.6 Å². The van der Waals surface area contributed by atoms with Crippen molar-refractivity contribution in [3.63, 3.8) is 0 Å². The van der Waals surface area contributed by atoms with E-state index in [0.717, 1.165) is 35.8 Å². The van der Waals surface area contributed by atoms with Crippen LogP contribution in [0.4, 0.5) is 5.69 Å². The van der Waals surface area contributed by atoms with Gasteiger partial charge in [0.25, 0.3) is 5.91 Å². The summed E-state index contributed by atoms with van der Waals surface area (Å²) in [4.78, 5) is 13.0. The lowest BCUT2D eigenvalue weighted by atomic mass is 9.91. The SMILES string of the molecule is Nc1c(C(=O)NC2CCCCC2N)sc2cc(Cl)ccc12. The number of nitrogens with two attached hydrogens (primary N) is 2. The van der Waals surface area contributed by atoms with Crippen LogP contribution < -0.4 is 16.8 Å². The van der Waals surface area contributed by atoms with E-state index in [1.165, 1.54) is 11.3 Å². The molecule has 21 heavy (non-hydrogen) atoms. The smallest absolute Gasteiger partial charge is 0.263 e. The molecule has 1 aromatic carbocycles. The number of carbonyl (C=O) groups excluding carboxylic acids is 1. The average molecular weight is 324 g/mol. The maximum atomic E-state index is 12.5. The van der Waals surface area contributed by atoms with E-state index < -0.39 is 0 Å². The summed E-state index contributed by atoms with van der Waals surface area (Å²) < 4.78 is 0.929. The summed E-state index contributed by atoms with van der Waals surface area (Å²) in [5.41, 5.74) is 12.7. The quantitative estimate of drug-likeness (QED) is 0.794. The lowest BCUT2D eigenvalue weighted by molar-refractivity contribution is 0.0926. The fourth-order valence-electron chi connectivity index (χ4n) is 2.83. The molecule has 0 saturated heterocycles. The molecule has 2 aromatic rings. The first kappa shape index (κ1) is 14.6. The van der Waals surface area contributed by atoms with Crippen LogP contribution in [0.25, 0.3) is 10.1 Å². The number of amides is 1. The summed E-state index contributed by atoms with van der Waals surface area (Å²) >= 11 is 7.36. The molecule has 3 rings (SSSR count). The van der Waals surface area contributed by atoms with Crippen molar-refractivity contribution < 1.29 is 4.79 Å². The zero-order valence-corrected chi connectivity index (χ0v) is 13.1. The number of nitrogens with one attached hydrogen (secondary N) is 1. The summed E-state index contributed by atoms with van der Waals surface area (Å²) in [5, 5.41) is 4.56. The fourth-order valence-corrected chi connectivity index (χ4v) is 4.13. The van der Waals surface area contributed by atoms with Crippen molar-refractivity contribution in [3.8, 4) is 0 Å². The average Bonchev–Trinajstić information content (AvgIpc) is 2.78. The van der Waals surface area contributed by atoms with Crippen molar-refractivity contribution in [2.45, 2.75) is 37.8 Å². The fraction of sp³-hybridized carbons (Fsp3) is 0.400. The Morgan fingerprint density at radius 2 is 2.10 bits per heavy atom. The molecule has 2 unspecified atom stereocenters. The lowest BCUT2D eigenvalue weighted by Crippen LogP contribution is -2.49. The molecule has 1 aliphatic rings. The second-order valence-corrected chi connectivity index (χ2v) is 7.00. The number of benzene rings is 1. The minimum absolute atomic E-state index is 0.0350. The maximum absolute atomic E-state index is 12.5. The second-order valence-electron chi connectivity index (χ2n) is 5.51. The molecule has 1 fully saturated rings. The highest BCUT2D eigenvalue weighted by Gasteiger charge is 2.25. The molecule has 0 spiro atoms. The molecule has 112 valence electrons. The molecule has 1 saturated carbocycles. The highest BCUT2D eigenvalue weighted by Crippen LogP contribution is 2.35. The molecular weight excluding hydrogens is 306 g/mol. The van der Waals surface area contributed by atoms with Crippen LogP contribution in [0, 0.1) is 0 Å². The number of thiophene rings is 1. The third kappa shape index (κ3) is 2.86. The van der Waals surface area contributed by atoms with Crippen LogP contribution in [0.3, 0.4) is 0 Å². The van der Waals surface area contributed by atoms with Gasteiger partial charge in [0.2, 0.25) is 0 Å². The largest absolute Gasteiger partial charge is 0.397 e. The normalized spacial score (nSPS) is 22.4. The number of fused-ring (bicyclic) bond motifs is 1. The van der Waals surface area contributed by atoms with Crippen LogP contribution in [0.5, 0.6) is 0 Å². The van der Waals surface area contributed by atoms with Gasteiger partial charge in [-0.05, 0) is 31.0 Å². The van der Waals surface area contributed by atoms with E-state index in [4.69, 9.17) is 23.1 Å². The summed E-state index contributed by atoms with van der Waals surface area (Å²) in [6.07, 6.45) is 4.14. The molecule has 1 aromatic heterocycles. The number of anilines is 1. The van der Waals surface area contributed by atoms with Crippen molar-refractivity contribution >= 4 is 44.6 Å². The molecule has 1 heterocycles. The number of hydrogen-bond acceptors (Lipinski definition) is 4. The van der Waals surface area contributed by atoms with Crippen molar-refractivity contribution in [1.82, 2.24) is 5.32 Å². The molecule has 0 radical (unpaired) electrons. The first-order valence-corrected chi connectivity index (χ1v) is 8.29. The molecule has 1 aliphatic carbocycles. The van der Waals surface area contributed by atoms with Crippen molar-refractivity contribution in [1.29, 1.82) is 0 Å². The standard InChI is InChI=1S/C15H18ClN3OS/c16-8-5-6-9-12(7-8)21-14(13(9)18)15(20)19-11-4-2-1-3-10(11)17/h5-7,10-11H,1-4,17-18H2,(H,19,20). The van der Waals surface area contributed by atoms with Gasteiger partial charge in [0, 0.05) is 27.2 Å². The molecule has 2 atom stereocenters. The Morgan fingerprint density at radius 3 is 2.86 bits per heavy atom. The van der Waals surface area contributed by atoms with Gasteiger partial charge in [0.15, 0.2) is 0 Å². The van der Waals surface area contributed by atoms with Gasteiger partial charge in [-0.25, -0.2) is 0 Å². The highest BCUT2D eigenvalue weighted by molar-refractivity contribution is 7.21. The van der Waals surface area contributed by atoms with E-state index in [-0.39, 0.29) is 18.0 Å². The summed E-state index contributed by atoms with van der Waals surface area (Å²) in [6.45, 7) is 0. The van der Waals surface area contributed by atoms with Crippen LogP contribution in [0.2, 0.25) is 5.02 Å². The third-order valence-corrected chi connectivity index (χ3v) is 5.43. The van der Waals surface area contributed by atoms with Gasteiger partial charge in [0.1, 0.15) is 4.88 Å². The Kier molecular flexibility index (Phi) is 4.06. The number of halogens is 1. The van der Waals surface area contributed by atoms with Gasteiger partial charge in [-0.2, -0.15) is 0 Å². The number of nitrogen functional groups attached to an aromatic ring is 1. The van der Waals surface area contributed by atoms with Crippen LogP contribution in [0.1, 0.15) is 35.4 Å². The van der Waals surface area contributed by atoms with Crippen LogP contribution in [0.15, 0.2) is 18.2 Å². The number of hydrogen-bond donors (Lipinski definition) is 3. The highest BCUT2D eigenvalue weighted by atomic mass is 35.5. The number of rotatable bonds is 2. The summed E-state index contributed by atoms with van der Waals surface area (Å²) in [7, 11) is 0. The Hall–Kier alpha value is -1.30. The van der Waals surface area contributed by atoms with E-state index in [2.05, 4.69) is 5.32 Å². The first-order valence-electron chi connectivity index (χ1n) is 7.10. The Morgan fingerprint density at radius 1 is 1.33 bits per heavy atom. The topological polar surface area (TPSA) is 81.1 Å². The van der Waals surface area contributed by atoms with Crippen LogP contribution in [-0.4, -0.2) is 18.0 Å². The molecule has 1 amide bonds. The van der Waals surface area contributed by atoms with Gasteiger partial charge in [-0.15, -0.1) is 11.3 Å². The monoisotopic (exact) mass is 323 g/mol. The predicted molar refractivity (Wildman–Crippen MR) is 88.9 cm³/mol. The molecule has 0 aliphatic heterocycles. The van der Waals surface area contributed by atoms with E-state index >= 15 is 0 Å². The van der Waals surface area contributed by atoms with Gasteiger partial charge in [-0.1, -0.05) is 24.4 Å². The summed E-state index contributed by atoms with van der Waals surface area (Å²) in [5.74, 6) is -0.132. The van der Waals surface area contributed by atoms with Gasteiger partial charge in [0.05, 0.1) is 5.69 Å². The molecule has 0 bridgehead atoms. The molecule has 5 N–H and O–H groups in total. The predicted octanol–water partition coefficient (Wildman–Crippen LogP) is 3.14. The zero-order valence-electron chi connectivity index (χ0n) is 11.6. The molecular formula is C15H18ClN3OS. The number of carbonyl (C=O) groups is 1. The Balaban J connectivity index is 1.85. The second kappa shape index (κ2) is 5.83. The molecule has 4 nitrogen and oxygen atoms in total. The third-order valence-electron chi connectivity index (χ3n) is 4.03. The summed E-state index contributed by atoms with van der Waals surface area (Å²) in [6, 6.07) is 5.55. The van der Waals surface area contributed by atoms with Crippen LogP contribution >= 0.6 is 22.9 Å². The van der Waals surface area contributed by atoms with Gasteiger partial charge < -0.3 is 16.8 Å². The van der Waals surface area contributed by atoms with Gasteiger partial charge >= 0.3 is 0 Å². The minimum Gasteiger partial charge on any atom is -0.397 e. The van der Waals surface area contributed by atoms with E-state index in [1.54, 1.807) is 6.07 Å². The van der Waals surface area contributed by atoms with Crippen molar-refractivity contribution in [2.75, 3.05) is 5.73 Å². The Bertz CT molecular complexity index is 685. The molecule has 6 heteroatoms. The van der Waals surface area contributed by atoms with Crippen LogP contribution in [-0.2, 0) is 0 Å². The van der Waals surface area contributed by atoms with Crippen molar-refractivity contribution in [2.24, 2.45) is 5.73 Å². The van der Waals surface area contributed by atoms with Gasteiger partial charge in [-0.3, -0.25) is 4.79 Å². The van der Waals surface area contributed by atoms with E-state index in [1.807, 2.05) is 12.1 Å². The van der Waals surface area contributed by atoms with E-state index in [9.17, 15) is 4.79 Å². The van der Waals surface area contributed by atoms with Crippen molar-refractivity contribution in [3.05, 3.63) is 28.1 Å². The first-order chi connectivity index (χ1) is 10.1.